The number of thiazole rings is 2. The molecule has 5 atom stereocenters. The van der Waals surface area contributed by atoms with Gasteiger partial charge in [0, 0.05) is 16.5 Å². The van der Waals surface area contributed by atoms with Crippen LogP contribution in [0.5, 0.6) is 0 Å². The number of aromatic nitrogens is 2. The summed E-state index contributed by atoms with van der Waals surface area (Å²) in [6.07, 6.45) is 2.68. The van der Waals surface area contributed by atoms with Gasteiger partial charge in [-0.25, -0.2) is 24.4 Å². The molecule has 0 radical (unpaired) electrons. The Morgan fingerprint density at radius 2 is 1.47 bits per heavy atom. The molecule has 27 heteroatoms. The van der Waals surface area contributed by atoms with E-state index in [0.29, 0.717) is 5.57 Å². The minimum atomic E-state index is -1.42. The average molecular weight is 889 g/mol. The molecule has 2 aromatic rings. The van der Waals surface area contributed by atoms with Crippen molar-refractivity contribution in [3.63, 3.8) is 0 Å². The molecule has 0 aliphatic carbocycles. The number of hydrogen-bond acceptors (Lipinski definition) is 19. The van der Waals surface area contributed by atoms with E-state index in [1.165, 1.54) is 40.1 Å². The second kappa shape index (κ2) is 17.5. The van der Waals surface area contributed by atoms with Gasteiger partial charge >= 0.3 is 17.9 Å². The first-order chi connectivity index (χ1) is 28.1. The number of aliphatic carboxylic acids is 3. The summed E-state index contributed by atoms with van der Waals surface area (Å²) in [6, 6.07) is -3.71. The number of amides is 5. The smallest absolute Gasteiger partial charge is 0.344 e. The van der Waals surface area contributed by atoms with E-state index >= 15 is 0 Å². The van der Waals surface area contributed by atoms with E-state index in [2.05, 4.69) is 49.4 Å². The van der Waals surface area contributed by atoms with Crippen LogP contribution in [-0.4, -0.2) is 142 Å². The molecule has 0 bridgehead atoms. The number of carboxylic acid groups (broad SMARTS) is 3. The summed E-state index contributed by atoms with van der Waals surface area (Å²) < 4.78 is 0. The van der Waals surface area contributed by atoms with Crippen molar-refractivity contribution in [1.29, 1.82) is 0 Å². The van der Waals surface area contributed by atoms with Crippen molar-refractivity contribution in [3.8, 4) is 0 Å². The van der Waals surface area contributed by atoms with Gasteiger partial charge in [-0.05, 0) is 16.6 Å². The maximum absolute atomic E-state index is 13.8. The van der Waals surface area contributed by atoms with E-state index < -0.39 is 101 Å². The molecular weight excluding hydrogens is 861 g/mol. The Bertz CT molecular complexity index is 2320. The van der Waals surface area contributed by atoms with Gasteiger partial charge in [-0.15, -0.1) is 46.2 Å². The number of nitrogen functional groups attached to an aromatic ring is 1. The van der Waals surface area contributed by atoms with Crippen LogP contribution in [0, 0.1) is 0 Å². The zero-order valence-electron chi connectivity index (χ0n) is 29.6. The van der Waals surface area contributed by atoms with Crippen molar-refractivity contribution in [2.24, 2.45) is 10.3 Å². The average Bonchev–Trinajstić information content (AvgIpc) is 3.85. The SMILES string of the molecule is C=CC1=CS[C@@H]2[C@H](NC(=O)/C(=N\OCC(=O)O)c3csc(NC(=O)C4=C(C=C)CS[C@@H]5[C@H](NC(=O)/C(=N\OCC(=O)O)c6csc(N)n6)C(=O)N45)n3)C(=O)N2C1C(=O)O. The Labute approximate surface area is 346 Å². The number of fused-ring (bicyclic) bond motifs is 2. The van der Waals surface area contributed by atoms with Gasteiger partial charge in [0.25, 0.3) is 23.6 Å². The van der Waals surface area contributed by atoms with E-state index in [4.69, 9.17) is 25.6 Å². The first-order valence-electron chi connectivity index (χ1n) is 16.4. The number of carboxylic acids is 3. The molecule has 6 heterocycles. The van der Waals surface area contributed by atoms with E-state index in [9.17, 15) is 43.5 Å². The molecule has 0 spiro atoms. The summed E-state index contributed by atoms with van der Waals surface area (Å²) in [5.74, 6) is -8.13. The minimum Gasteiger partial charge on any atom is -0.479 e. The normalized spacial score (nSPS) is 22.4. The summed E-state index contributed by atoms with van der Waals surface area (Å²) >= 11 is 4.07. The number of allylic oxidation sites excluding steroid dienone is 1. The Kier molecular flexibility index (Phi) is 12.5. The third kappa shape index (κ3) is 8.52. The molecule has 0 aromatic carbocycles. The summed E-state index contributed by atoms with van der Waals surface area (Å²) in [6.45, 7) is 5.49. The third-order valence-electron chi connectivity index (χ3n) is 8.37. The number of nitrogens with zero attached hydrogens (tertiary/aromatic N) is 6. The number of nitrogens with two attached hydrogens (primary N) is 1. The topological polar surface area (TPSA) is 335 Å². The lowest BCUT2D eigenvalue weighted by Crippen LogP contribution is -2.74. The number of nitrogens with one attached hydrogen (secondary N) is 3. The van der Waals surface area contributed by atoms with Gasteiger partial charge in [-0.1, -0.05) is 35.6 Å². The van der Waals surface area contributed by atoms with Crippen LogP contribution >= 0.6 is 46.2 Å². The number of hydrogen-bond donors (Lipinski definition) is 7. The van der Waals surface area contributed by atoms with Gasteiger partial charge in [0.1, 0.15) is 39.9 Å². The Morgan fingerprint density at radius 3 is 2.02 bits per heavy atom. The molecule has 8 N–H and O–H groups in total. The van der Waals surface area contributed by atoms with Gasteiger partial charge < -0.3 is 46.3 Å². The fraction of sp³-hybridized carbons (Fsp3) is 0.250. The zero-order chi connectivity index (χ0) is 42.7. The fourth-order valence-corrected chi connectivity index (χ4v) is 9.57. The molecule has 1 unspecified atom stereocenters. The minimum absolute atomic E-state index is 0.0359. The standard InChI is InChI=1S/C32H28N10O13S4/c1-3-11-7-56-28-19(36-23(47)17(39-54-5-15(43)44)13-9-58-31(33)34-13)26(50)41(28)21(11)25(49)38-32-35-14(10-59-32)18(40-55-6-16(45)46)24(48)37-20-27(51)42-22(30(52)53)12(4-2)8-57-29(20)42/h3-4,8-10,19-20,22,28-29H,1-2,5-7H2,(H2,33,34)(H,36,47)(H,37,48)(H,43,44)(H,45,46)(H,52,53)(H,35,38,49)/b39-17-,40-18-/t19-,20-,22?,28-,29-/m1/s1. The van der Waals surface area contributed by atoms with E-state index in [1.54, 1.807) is 0 Å². The van der Waals surface area contributed by atoms with Gasteiger partial charge in [0.2, 0.25) is 19.1 Å². The number of carbonyl (C=O) groups is 8. The first kappa shape index (κ1) is 42.0. The van der Waals surface area contributed by atoms with E-state index in [-0.39, 0.29) is 38.7 Å². The zero-order valence-corrected chi connectivity index (χ0v) is 32.9. The number of carbonyl (C=O) groups excluding carboxylic acids is 5. The van der Waals surface area contributed by atoms with Crippen molar-refractivity contribution in [3.05, 3.63) is 69.7 Å². The van der Waals surface area contributed by atoms with Crippen LogP contribution < -0.4 is 21.7 Å². The molecule has 2 aromatic heterocycles. The molecule has 0 saturated carbocycles. The predicted octanol–water partition coefficient (Wildman–Crippen LogP) is -0.806. The predicted molar refractivity (Wildman–Crippen MR) is 210 cm³/mol. The van der Waals surface area contributed by atoms with Crippen LogP contribution in [0.15, 0.2) is 68.6 Å². The quantitative estimate of drug-likeness (QED) is 0.0580. The molecule has 6 rings (SSSR count). The highest BCUT2D eigenvalue weighted by molar-refractivity contribution is 8.03. The van der Waals surface area contributed by atoms with Crippen LogP contribution in [0.3, 0.4) is 0 Å². The highest BCUT2D eigenvalue weighted by Crippen LogP contribution is 2.42. The van der Waals surface area contributed by atoms with Crippen LogP contribution in [0.2, 0.25) is 0 Å². The van der Waals surface area contributed by atoms with Crippen LogP contribution in [0.25, 0.3) is 0 Å². The Hall–Kier alpha value is -6.58. The molecule has 5 amide bonds. The molecule has 2 fully saturated rings. The van der Waals surface area contributed by atoms with Crippen LogP contribution in [0.4, 0.5) is 10.3 Å². The second-order valence-corrected chi connectivity index (χ2v) is 15.8. The highest BCUT2D eigenvalue weighted by atomic mass is 32.2. The molecular formula is C32H28N10O13S4. The van der Waals surface area contributed by atoms with Crippen molar-refractivity contribution in [2.75, 3.05) is 30.0 Å². The maximum atomic E-state index is 13.8. The number of rotatable bonds is 17. The number of β-lactam (4-membered cyclic amide) rings is 2. The molecule has 23 nitrogen and oxygen atoms in total. The lowest BCUT2D eigenvalue weighted by atomic mass is 9.98. The van der Waals surface area contributed by atoms with E-state index in [0.717, 1.165) is 44.2 Å². The lowest BCUT2D eigenvalue weighted by Gasteiger charge is -2.51. The Balaban J connectivity index is 1.16. The second-order valence-electron chi connectivity index (χ2n) is 12.0. The van der Waals surface area contributed by atoms with Gasteiger partial charge in [0.15, 0.2) is 27.7 Å². The van der Waals surface area contributed by atoms with Crippen molar-refractivity contribution in [1.82, 2.24) is 30.4 Å². The van der Waals surface area contributed by atoms with E-state index in [1.807, 2.05) is 0 Å². The molecule has 4 aliphatic rings. The molecule has 308 valence electrons. The summed E-state index contributed by atoms with van der Waals surface area (Å²) in [7, 11) is 0. The van der Waals surface area contributed by atoms with Gasteiger partial charge in [-0.2, -0.15) is 0 Å². The lowest BCUT2D eigenvalue weighted by molar-refractivity contribution is -0.159. The Morgan fingerprint density at radius 1 is 0.881 bits per heavy atom. The number of oxime groups is 2. The highest BCUT2D eigenvalue weighted by Gasteiger charge is 2.56. The number of thioether (sulfide) groups is 2. The summed E-state index contributed by atoms with van der Waals surface area (Å²) in [5.41, 5.74) is 4.91. The summed E-state index contributed by atoms with van der Waals surface area (Å²) in [5, 5.41) is 44.9. The monoisotopic (exact) mass is 888 g/mol. The third-order valence-corrected chi connectivity index (χ3v) is 12.3. The van der Waals surface area contributed by atoms with Gasteiger partial charge in [0.05, 0.1) is 0 Å². The summed E-state index contributed by atoms with van der Waals surface area (Å²) in [4.78, 5) is 121. The van der Waals surface area contributed by atoms with Crippen molar-refractivity contribution < 1.29 is 63.4 Å². The molecule has 2 saturated heterocycles. The van der Waals surface area contributed by atoms with Crippen LogP contribution in [-0.2, 0) is 48.0 Å². The largest absolute Gasteiger partial charge is 0.479 e. The molecule has 4 aliphatic heterocycles. The van der Waals surface area contributed by atoms with Crippen LogP contribution in [0.1, 0.15) is 11.4 Å². The first-order valence-corrected chi connectivity index (χ1v) is 20.2. The maximum Gasteiger partial charge on any atom is 0.344 e. The number of anilines is 2. The van der Waals surface area contributed by atoms with Crippen molar-refractivity contribution >= 4 is 115 Å². The van der Waals surface area contributed by atoms with Gasteiger partial charge in [-0.3, -0.25) is 34.2 Å². The molecule has 59 heavy (non-hydrogen) atoms. The van der Waals surface area contributed by atoms with Crippen molar-refractivity contribution in [2.45, 2.75) is 28.9 Å². The fourth-order valence-electron chi connectivity index (χ4n) is 5.77.